The number of ether oxygens (including phenoxy) is 2. The lowest BCUT2D eigenvalue weighted by Gasteiger charge is -2.16. The van der Waals surface area contributed by atoms with Crippen molar-refractivity contribution in [1.82, 2.24) is 30.2 Å². The summed E-state index contributed by atoms with van der Waals surface area (Å²) in [6, 6.07) is 21.6. The van der Waals surface area contributed by atoms with E-state index in [2.05, 4.69) is 56.4 Å². The molecule has 0 aliphatic carbocycles. The number of hydrogen-bond acceptors (Lipinski definition) is 8. The highest BCUT2D eigenvalue weighted by atomic mass is 16.7. The molecule has 0 amide bonds. The van der Waals surface area contributed by atoms with Crippen LogP contribution in [0.1, 0.15) is 55.9 Å². The van der Waals surface area contributed by atoms with Gasteiger partial charge in [0.15, 0.2) is 0 Å². The second-order valence-corrected chi connectivity index (χ2v) is 10.7. The van der Waals surface area contributed by atoms with Crippen molar-refractivity contribution in [2.45, 2.75) is 47.1 Å². The summed E-state index contributed by atoms with van der Waals surface area (Å²) in [7, 11) is 0. The molecule has 0 saturated carbocycles. The van der Waals surface area contributed by atoms with E-state index >= 15 is 0 Å². The Bertz CT molecular complexity index is 1670. The van der Waals surface area contributed by atoms with Crippen LogP contribution in [-0.4, -0.2) is 48.9 Å². The van der Waals surface area contributed by atoms with Crippen molar-refractivity contribution in [2.24, 2.45) is 5.41 Å². The van der Waals surface area contributed by atoms with E-state index in [9.17, 15) is 9.59 Å². The summed E-state index contributed by atoms with van der Waals surface area (Å²) in [6.45, 7) is 7.38. The van der Waals surface area contributed by atoms with Crippen LogP contribution >= 0.6 is 0 Å². The minimum Gasteiger partial charge on any atom is -0.427 e. The zero-order valence-electron chi connectivity index (χ0n) is 23.5. The summed E-state index contributed by atoms with van der Waals surface area (Å²) < 4.78 is 12.6. The number of tetrazole rings is 1. The number of nitrogens with one attached hydrogen (secondary N) is 1. The van der Waals surface area contributed by atoms with Gasteiger partial charge in [-0.15, -0.1) is 10.2 Å². The zero-order chi connectivity index (χ0) is 29.0. The number of aryl methyl sites for hydroxylation is 1. The molecule has 10 heteroatoms. The highest BCUT2D eigenvalue weighted by molar-refractivity contribution is 6.02. The molecule has 2 aromatic heterocycles. The number of carbonyl (C=O) groups excluding carboxylic acids is 2. The number of para-hydroxylation sites is 1. The standard InChI is InChI=1S/C31H32N6O4/c1-5-9-26-32-25-13-8-12-24(29(38)40-19-41-30(39)31(2,3)4)27(25)37(26)18-20-14-16-21(17-15-20)22-10-6-7-11-23(22)28-33-35-36-34-28/h6-8,10-17H,5,9,18-19H2,1-4H3,(H,33,34,35,36). The number of H-pyrrole nitrogens is 1. The minimum absolute atomic E-state index is 0.370. The van der Waals surface area contributed by atoms with Gasteiger partial charge in [0.05, 0.1) is 22.0 Å². The van der Waals surface area contributed by atoms with Crippen molar-refractivity contribution in [3.63, 3.8) is 0 Å². The SMILES string of the molecule is CCCc1nc2cccc(C(=O)OCOC(=O)C(C)(C)C)c2n1Cc1ccc(-c2ccccc2-c2nn[nH]n2)cc1. The average Bonchev–Trinajstić information content (AvgIpc) is 3.62. The molecule has 0 bridgehead atoms. The number of aromatic nitrogens is 6. The Morgan fingerprint density at radius 3 is 2.37 bits per heavy atom. The van der Waals surface area contributed by atoms with Crippen molar-refractivity contribution in [2.75, 3.05) is 6.79 Å². The van der Waals surface area contributed by atoms with Crippen molar-refractivity contribution >= 4 is 23.0 Å². The second kappa shape index (κ2) is 11.7. The van der Waals surface area contributed by atoms with Crippen LogP contribution in [0.15, 0.2) is 66.7 Å². The second-order valence-electron chi connectivity index (χ2n) is 10.7. The summed E-state index contributed by atoms with van der Waals surface area (Å²) in [5.74, 6) is 0.400. The van der Waals surface area contributed by atoms with Crippen LogP contribution in [-0.2, 0) is 27.2 Å². The molecule has 210 valence electrons. The fourth-order valence-corrected chi connectivity index (χ4v) is 4.59. The van der Waals surface area contributed by atoms with Crippen LogP contribution < -0.4 is 0 Å². The predicted molar refractivity (Wildman–Crippen MR) is 154 cm³/mol. The van der Waals surface area contributed by atoms with E-state index < -0.39 is 24.1 Å². The predicted octanol–water partition coefficient (Wildman–Crippen LogP) is 5.59. The van der Waals surface area contributed by atoms with Gasteiger partial charge in [0.25, 0.3) is 0 Å². The Kier molecular flexibility index (Phi) is 7.91. The normalized spacial score (nSPS) is 11.5. The van der Waals surface area contributed by atoms with Crippen LogP contribution in [0.2, 0.25) is 0 Å². The number of imidazole rings is 1. The Labute approximate surface area is 237 Å². The van der Waals surface area contributed by atoms with Crippen LogP contribution in [0.3, 0.4) is 0 Å². The van der Waals surface area contributed by atoms with Crippen molar-refractivity contribution in [3.05, 3.63) is 83.7 Å². The summed E-state index contributed by atoms with van der Waals surface area (Å²) >= 11 is 0. The van der Waals surface area contributed by atoms with Gasteiger partial charge < -0.3 is 14.0 Å². The quantitative estimate of drug-likeness (QED) is 0.185. The Hall–Kier alpha value is -4.86. The van der Waals surface area contributed by atoms with Gasteiger partial charge >= 0.3 is 11.9 Å². The molecule has 5 aromatic rings. The number of esters is 2. The van der Waals surface area contributed by atoms with E-state index in [1.807, 2.05) is 30.3 Å². The first-order valence-electron chi connectivity index (χ1n) is 13.5. The first-order valence-corrected chi connectivity index (χ1v) is 13.5. The molecule has 0 atom stereocenters. The van der Waals surface area contributed by atoms with Gasteiger partial charge in [-0.3, -0.25) is 4.79 Å². The Morgan fingerprint density at radius 1 is 0.927 bits per heavy atom. The first kappa shape index (κ1) is 27.7. The topological polar surface area (TPSA) is 125 Å². The molecule has 0 radical (unpaired) electrons. The molecule has 0 spiro atoms. The average molecular weight is 553 g/mol. The minimum atomic E-state index is -0.690. The molecule has 41 heavy (non-hydrogen) atoms. The van der Waals surface area contributed by atoms with Crippen molar-refractivity contribution in [1.29, 1.82) is 0 Å². The molecule has 0 saturated heterocycles. The van der Waals surface area contributed by atoms with E-state index in [1.54, 1.807) is 32.9 Å². The smallest absolute Gasteiger partial charge is 0.343 e. The summed E-state index contributed by atoms with van der Waals surface area (Å²) in [4.78, 5) is 30.0. The van der Waals surface area contributed by atoms with Crippen LogP contribution in [0.25, 0.3) is 33.5 Å². The zero-order valence-corrected chi connectivity index (χ0v) is 23.5. The third-order valence-electron chi connectivity index (χ3n) is 6.65. The summed E-state index contributed by atoms with van der Waals surface area (Å²) in [5.41, 5.74) is 5.03. The third-order valence-corrected chi connectivity index (χ3v) is 6.65. The van der Waals surface area contributed by atoms with Gasteiger partial charge in [-0.25, -0.2) is 9.78 Å². The molecule has 1 N–H and O–H groups in total. The molecule has 2 heterocycles. The van der Waals surface area contributed by atoms with E-state index in [0.29, 0.717) is 29.0 Å². The lowest BCUT2D eigenvalue weighted by atomic mass is 9.98. The van der Waals surface area contributed by atoms with Crippen LogP contribution in [0.4, 0.5) is 0 Å². The lowest BCUT2D eigenvalue weighted by Crippen LogP contribution is -2.24. The fourth-order valence-electron chi connectivity index (χ4n) is 4.59. The Morgan fingerprint density at radius 2 is 1.68 bits per heavy atom. The van der Waals surface area contributed by atoms with E-state index in [1.165, 1.54) is 0 Å². The number of benzene rings is 3. The number of fused-ring (bicyclic) bond motifs is 1. The Balaban J connectivity index is 1.43. The van der Waals surface area contributed by atoms with Gasteiger partial charge in [0.1, 0.15) is 5.82 Å². The highest BCUT2D eigenvalue weighted by Gasteiger charge is 2.24. The van der Waals surface area contributed by atoms with Crippen LogP contribution in [0.5, 0.6) is 0 Å². The number of hydrogen-bond donors (Lipinski definition) is 1. The molecular formula is C31H32N6O4. The van der Waals surface area contributed by atoms with Crippen molar-refractivity contribution < 1.29 is 19.1 Å². The number of carbonyl (C=O) groups is 2. The highest BCUT2D eigenvalue weighted by Crippen LogP contribution is 2.30. The molecule has 3 aromatic carbocycles. The maximum Gasteiger partial charge on any atom is 0.343 e. The third kappa shape index (κ3) is 6.01. The van der Waals surface area contributed by atoms with Crippen molar-refractivity contribution in [3.8, 4) is 22.5 Å². The van der Waals surface area contributed by atoms with Gasteiger partial charge in [0.2, 0.25) is 12.6 Å². The summed E-state index contributed by atoms with van der Waals surface area (Å²) in [6.07, 6.45) is 1.65. The maximum absolute atomic E-state index is 13.1. The maximum atomic E-state index is 13.1. The molecule has 0 aliphatic heterocycles. The molecule has 0 aliphatic rings. The summed E-state index contributed by atoms with van der Waals surface area (Å²) in [5, 5.41) is 14.5. The monoisotopic (exact) mass is 552 g/mol. The van der Waals surface area contributed by atoms with E-state index in [4.69, 9.17) is 14.5 Å². The lowest BCUT2D eigenvalue weighted by molar-refractivity contribution is -0.161. The van der Waals surface area contributed by atoms with Gasteiger partial charge in [-0.2, -0.15) is 5.21 Å². The van der Waals surface area contributed by atoms with Gasteiger partial charge in [-0.05, 0) is 61.2 Å². The number of rotatable bonds is 9. The van der Waals surface area contributed by atoms with Gasteiger partial charge in [-0.1, -0.05) is 61.5 Å². The molecule has 10 nitrogen and oxygen atoms in total. The van der Waals surface area contributed by atoms with E-state index in [-0.39, 0.29) is 0 Å². The van der Waals surface area contributed by atoms with Crippen LogP contribution in [0, 0.1) is 5.41 Å². The van der Waals surface area contributed by atoms with Gasteiger partial charge in [0, 0.05) is 18.5 Å². The fraction of sp³-hybridized carbons (Fsp3) is 0.290. The first-order chi connectivity index (χ1) is 19.8. The molecule has 0 unspecified atom stereocenters. The van der Waals surface area contributed by atoms with E-state index in [0.717, 1.165) is 40.9 Å². The molecular weight excluding hydrogens is 520 g/mol. The number of nitrogens with zero attached hydrogens (tertiary/aromatic N) is 5. The molecule has 5 rings (SSSR count). The molecule has 0 fully saturated rings. The number of aromatic amines is 1. The largest absolute Gasteiger partial charge is 0.427 e.